The van der Waals surface area contributed by atoms with Gasteiger partial charge in [-0.2, -0.15) is 0 Å². The van der Waals surface area contributed by atoms with Gasteiger partial charge < -0.3 is 19.2 Å². The summed E-state index contributed by atoms with van der Waals surface area (Å²) >= 11 is 5.92. The molecule has 2 rings (SSSR count). The molecular formula is C18H20ClNO5. The van der Waals surface area contributed by atoms with Crippen molar-refractivity contribution in [3.63, 3.8) is 0 Å². The average Bonchev–Trinajstić information content (AvgIpc) is 2.91. The van der Waals surface area contributed by atoms with E-state index in [2.05, 4.69) is 5.32 Å². The van der Waals surface area contributed by atoms with Crippen molar-refractivity contribution in [1.82, 2.24) is 0 Å². The molecule has 6 nitrogen and oxygen atoms in total. The number of carbonyl (C=O) groups excluding carboxylic acids is 2. The maximum atomic E-state index is 12.4. The molecule has 0 aliphatic rings. The van der Waals surface area contributed by atoms with Gasteiger partial charge in [-0.25, -0.2) is 9.59 Å². The molecule has 7 heteroatoms. The van der Waals surface area contributed by atoms with Crippen molar-refractivity contribution in [3.8, 4) is 11.3 Å². The van der Waals surface area contributed by atoms with Gasteiger partial charge in [-0.05, 0) is 45.0 Å². The Bertz CT molecular complexity index is 787. The van der Waals surface area contributed by atoms with Crippen LogP contribution in [0.5, 0.6) is 0 Å². The van der Waals surface area contributed by atoms with Gasteiger partial charge in [0.05, 0.1) is 14.2 Å². The molecule has 0 aliphatic heterocycles. The van der Waals surface area contributed by atoms with Crippen LogP contribution in [-0.2, 0) is 9.47 Å². The molecule has 1 aromatic heterocycles. The van der Waals surface area contributed by atoms with Crippen LogP contribution < -0.4 is 5.32 Å². The first-order chi connectivity index (χ1) is 11.7. The number of nitrogens with one attached hydrogen (secondary N) is 1. The molecular weight excluding hydrogens is 346 g/mol. The second-order valence-electron chi connectivity index (χ2n) is 6.38. The van der Waals surface area contributed by atoms with Crippen LogP contribution in [0.3, 0.4) is 0 Å². The lowest BCUT2D eigenvalue weighted by atomic mass is 10.0. The third-order valence-electron chi connectivity index (χ3n) is 3.28. The average molecular weight is 366 g/mol. The van der Waals surface area contributed by atoms with E-state index in [9.17, 15) is 9.59 Å². The minimum atomic E-state index is -0.698. The Balaban J connectivity index is 2.75. The number of methoxy groups -OCH3 is 2. The van der Waals surface area contributed by atoms with Gasteiger partial charge in [-0.1, -0.05) is 11.6 Å². The number of hydrogen-bond donors (Lipinski definition) is 1. The Morgan fingerprint density at radius 2 is 1.52 bits per heavy atom. The Hall–Kier alpha value is -2.47. The van der Waals surface area contributed by atoms with E-state index in [0.29, 0.717) is 10.6 Å². The summed E-state index contributed by atoms with van der Waals surface area (Å²) in [5.41, 5.74) is 0.167. The zero-order valence-corrected chi connectivity index (χ0v) is 15.5. The number of anilines is 1. The molecule has 2 aromatic rings. The van der Waals surface area contributed by atoms with E-state index in [1.54, 1.807) is 24.3 Å². The van der Waals surface area contributed by atoms with Crippen molar-refractivity contribution in [2.24, 2.45) is 0 Å². The number of halogens is 1. The molecule has 0 aliphatic carbocycles. The number of hydrogen-bond acceptors (Lipinski definition) is 6. The van der Waals surface area contributed by atoms with Crippen LogP contribution in [0, 0.1) is 0 Å². The maximum absolute atomic E-state index is 12.4. The minimum Gasteiger partial charge on any atom is -0.465 e. The first-order valence-electron chi connectivity index (χ1n) is 7.55. The summed E-state index contributed by atoms with van der Waals surface area (Å²) in [6.07, 6.45) is 0. The highest BCUT2D eigenvalue weighted by Gasteiger charge is 2.33. The minimum absolute atomic E-state index is 0.00317. The van der Waals surface area contributed by atoms with E-state index < -0.39 is 17.5 Å². The fourth-order valence-electron chi connectivity index (χ4n) is 2.26. The summed E-state index contributed by atoms with van der Waals surface area (Å²) in [7, 11) is 2.47. The molecule has 1 heterocycles. The van der Waals surface area contributed by atoms with E-state index >= 15 is 0 Å². The monoisotopic (exact) mass is 365 g/mol. The van der Waals surface area contributed by atoms with E-state index in [4.69, 9.17) is 25.5 Å². The Labute approximate surface area is 151 Å². The van der Waals surface area contributed by atoms with Gasteiger partial charge in [0.15, 0.2) is 5.76 Å². The number of esters is 2. The number of ether oxygens (including phenoxy) is 2. The summed E-state index contributed by atoms with van der Waals surface area (Å²) in [5, 5.41) is 3.62. The molecule has 0 atom stereocenters. The fraction of sp³-hybridized carbons (Fsp3) is 0.333. The molecule has 0 saturated heterocycles. The van der Waals surface area contributed by atoms with Crippen molar-refractivity contribution < 1.29 is 23.5 Å². The summed E-state index contributed by atoms with van der Waals surface area (Å²) in [6, 6.07) is 6.70. The Morgan fingerprint density at radius 3 is 2.00 bits per heavy atom. The highest BCUT2D eigenvalue weighted by Crippen LogP contribution is 2.37. The van der Waals surface area contributed by atoms with E-state index in [1.807, 2.05) is 20.8 Å². The molecule has 0 spiro atoms. The van der Waals surface area contributed by atoms with Gasteiger partial charge in [-0.3, -0.25) is 0 Å². The van der Waals surface area contributed by atoms with Gasteiger partial charge in [0.1, 0.15) is 11.1 Å². The van der Waals surface area contributed by atoms with Crippen LogP contribution >= 0.6 is 11.6 Å². The second kappa shape index (κ2) is 7.19. The number of carbonyl (C=O) groups is 2. The molecule has 25 heavy (non-hydrogen) atoms. The van der Waals surface area contributed by atoms with E-state index in [-0.39, 0.29) is 22.8 Å². The van der Waals surface area contributed by atoms with Gasteiger partial charge in [0.2, 0.25) is 5.88 Å². The third-order valence-corrected chi connectivity index (χ3v) is 3.53. The van der Waals surface area contributed by atoms with Crippen molar-refractivity contribution in [1.29, 1.82) is 0 Å². The number of furan rings is 1. The molecule has 0 fully saturated rings. The summed E-state index contributed by atoms with van der Waals surface area (Å²) in [4.78, 5) is 24.7. The second-order valence-corrected chi connectivity index (χ2v) is 6.81. The normalized spacial score (nSPS) is 11.1. The molecule has 0 amide bonds. The van der Waals surface area contributed by atoms with Crippen molar-refractivity contribution >= 4 is 29.4 Å². The summed E-state index contributed by atoms with van der Waals surface area (Å²) in [6.45, 7) is 5.70. The quantitative estimate of drug-likeness (QED) is 0.810. The zero-order chi connectivity index (χ0) is 18.8. The molecule has 134 valence electrons. The van der Waals surface area contributed by atoms with Crippen molar-refractivity contribution in [2.75, 3.05) is 19.5 Å². The highest BCUT2D eigenvalue weighted by atomic mass is 35.5. The first-order valence-corrected chi connectivity index (χ1v) is 7.93. The number of rotatable bonds is 4. The predicted molar refractivity (Wildman–Crippen MR) is 95.2 cm³/mol. The first kappa shape index (κ1) is 18.9. The van der Waals surface area contributed by atoms with E-state index in [0.717, 1.165) is 0 Å². The van der Waals surface area contributed by atoms with Crippen molar-refractivity contribution in [3.05, 3.63) is 40.4 Å². The van der Waals surface area contributed by atoms with Crippen LogP contribution in [0.4, 0.5) is 5.88 Å². The molecule has 1 N–H and O–H groups in total. The molecule has 0 saturated carbocycles. The summed E-state index contributed by atoms with van der Waals surface area (Å²) < 4.78 is 15.5. The SMILES string of the molecule is COC(=O)c1c(NC(C)(C)C)oc(-c2ccc(Cl)cc2)c1C(=O)OC. The lowest BCUT2D eigenvalue weighted by Crippen LogP contribution is -2.27. The summed E-state index contributed by atoms with van der Waals surface area (Å²) in [5.74, 6) is -1.05. The fourth-order valence-corrected chi connectivity index (χ4v) is 2.38. The van der Waals surface area contributed by atoms with E-state index in [1.165, 1.54) is 14.2 Å². The third kappa shape index (κ3) is 4.14. The topological polar surface area (TPSA) is 77.8 Å². The largest absolute Gasteiger partial charge is 0.465 e. The van der Waals surface area contributed by atoms with Crippen molar-refractivity contribution in [2.45, 2.75) is 26.3 Å². The highest BCUT2D eigenvalue weighted by molar-refractivity contribution is 6.30. The van der Waals surface area contributed by atoms with Crippen LogP contribution in [0.25, 0.3) is 11.3 Å². The van der Waals surface area contributed by atoms with Crippen LogP contribution in [0.1, 0.15) is 41.5 Å². The van der Waals surface area contributed by atoms with Crippen LogP contribution in [-0.4, -0.2) is 31.7 Å². The smallest absolute Gasteiger partial charge is 0.344 e. The van der Waals surface area contributed by atoms with Crippen LogP contribution in [0.2, 0.25) is 5.02 Å². The Morgan fingerprint density at radius 1 is 1.00 bits per heavy atom. The van der Waals surface area contributed by atoms with Gasteiger partial charge in [-0.15, -0.1) is 0 Å². The standard InChI is InChI=1S/C18H20ClNO5/c1-18(2,3)20-15-13(17(22)24-5)12(16(21)23-4)14(25-15)10-6-8-11(19)9-7-10/h6-9,20H,1-5H3. The lowest BCUT2D eigenvalue weighted by Gasteiger charge is -2.20. The molecule has 1 aromatic carbocycles. The Kier molecular flexibility index (Phi) is 5.42. The van der Waals surface area contributed by atoms with Crippen LogP contribution in [0.15, 0.2) is 28.7 Å². The maximum Gasteiger partial charge on any atom is 0.344 e. The molecule has 0 bridgehead atoms. The molecule has 0 radical (unpaired) electrons. The lowest BCUT2D eigenvalue weighted by molar-refractivity contribution is 0.0558. The number of benzene rings is 1. The van der Waals surface area contributed by atoms with Gasteiger partial charge in [0, 0.05) is 16.1 Å². The predicted octanol–water partition coefficient (Wildman–Crippen LogP) is 4.38. The zero-order valence-electron chi connectivity index (χ0n) is 14.7. The van der Waals surface area contributed by atoms with Gasteiger partial charge >= 0.3 is 11.9 Å². The molecule has 0 unspecified atom stereocenters. The van der Waals surface area contributed by atoms with Gasteiger partial charge in [0.25, 0.3) is 0 Å².